The molecule has 2 rings (SSSR count). The number of hydrogen-bond donors (Lipinski definition) is 1. The maximum Gasteiger partial charge on any atom is 0.293 e. The molecule has 19 heavy (non-hydrogen) atoms. The molecule has 2 aromatic rings. The van der Waals surface area contributed by atoms with Gasteiger partial charge in [0.25, 0.3) is 5.56 Å². The van der Waals surface area contributed by atoms with Crippen molar-refractivity contribution < 1.29 is 0 Å². The molecule has 100 valence electrons. The Labute approximate surface area is 113 Å². The highest BCUT2D eigenvalue weighted by Gasteiger charge is 2.05. The van der Waals surface area contributed by atoms with E-state index in [0.29, 0.717) is 24.8 Å². The number of nitrogens with zero attached hydrogens (tertiary/aromatic N) is 2. The Balaban J connectivity index is 2.11. The van der Waals surface area contributed by atoms with Crippen molar-refractivity contribution in [1.29, 1.82) is 0 Å². The van der Waals surface area contributed by atoms with E-state index in [1.165, 1.54) is 0 Å². The first-order valence-electron chi connectivity index (χ1n) is 6.50. The quantitative estimate of drug-likeness (QED) is 0.895. The maximum atomic E-state index is 12.2. The van der Waals surface area contributed by atoms with Gasteiger partial charge in [-0.1, -0.05) is 44.2 Å². The molecule has 0 bridgehead atoms. The highest BCUT2D eigenvalue weighted by molar-refractivity contribution is 5.32. The number of rotatable bonds is 5. The lowest BCUT2D eigenvalue weighted by molar-refractivity contribution is 0.509. The smallest absolute Gasteiger partial charge is 0.293 e. The molecule has 1 aromatic carbocycles. The Kier molecular flexibility index (Phi) is 4.34. The maximum absolute atomic E-state index is 12.2. The first-order valence-corrected chi connectivity index (χ1v) is 6.50. The van der Waals surface area contributed by atoms with Gasteiger partial charge in [0, 0.05) is 25.5 Å². The summed E-state index contributed by atoms with van der Waals surface area (Å²) in [4.78, 5) is 16.3. The van der Waals surface area contributed by atoms with Crippen LogP contribution in [0.4, 0.5) is 5.82 Å². The molecule has 1 aromatic heterocycles. The predicted molar refractivity (Wildman–Crippen MR) is 77.1 cm³/mol. The van der Waals surface area contributed by atoms with E-state index in [-0.39, 0.29) is 5.56 Å². The van der Waals surface area contributed by atoms with Crippen LogP contribution in [0, 0.1) is 5.92 Å². The lowest BCUT2D eigenvalue weighted by Crippen LogP contribution is -2.25. The number of aromatic nitrogens is 2. The molecule has 4 heteroatoms. The second kappa shape index (κ2) is 6.18. The summed E-state index contributed by atoms with van der Waals surface area (Å²) < 4.78 is 1.70. The summed E-state index contributed by atoms with van der Waals surface area (Å²) in [6.45, 7) is 5.49. The molecule has 0 aliphatic rings. The lowest BCUT2D eigenvalue weighted by atomic mass is 10.2. The minimum Gasteiger partial charge on any atom is -0.361 e. The molecule has 1 heterocycles. The van der Waals surface area contributed by atoms with E-state index < -0.39 is 0 Å². The average Bonchev–Trinajstić information content (AvgIpc) is 2.40. The van der Waals surface area contributed by atoms with Gasteiger partial charge in [-0.3, -0.25) is 4.79 Å². The third-order valence-electron chi connectivity index (χ3n) is 2.78. The molecule has 4 nitrogen and oxygen atoms in total. The summed E-state index contributed by atoms with van der Waals surface area (Å²) in [6.07, 6.45) is 3.40. The second-order valence-corrected chi connectivity index (χ2v) is 4.97. The number of benzene rings is 1. The zero-order valence-corrected chi connectivity index (χ0v) is 11.3. The van der Waals surface area contributed by atoms with Crippen molar-refractivity contribution in [2.75, 3.05) is 5.32 Å². The van der Waals surface area contributed by atoms with Crippen LogP contribution in [-0.4, -0.2) is 9.55 Å². The van der Waals surface area contributed by atoms with Gasteiger partial charge < -0.3 is 9.88 Å². The van der Waals surface area contributed by atoms with Crippen molar-refractivity contribution in [3.63, 3.8) is 0 Å². The molecule has 0 amide bonds. The van der Waals surface area contributed by atoms with E-state index >= 15 is 0 Å². The van der Waals surface area contributed by atoms with E-state index in [0.717, 1.165) is 5.56 Å². The topological polar surface area (TPSA) is 46.9 Å². The molecular formula is C15H19N3O. The zero-order chi connectivity index (χ0) is 13.7. The number of hydrogen-bond acceptors (Lipinski definition) is 3. The van der Waals surface area contributed by atoms with Crippen molar-refractivity contribution in [3.8, 4) is 0 Å². The van der Waals surface area contributed by atoms with Crippen LogP contribution in [-0.2, 0) is 13.1 Å². The van der Waals surface area contributed by atoms with Crippen molar-refractivity contribution in [2.45, 2.75) is 26.9 Å². The van der Waals surface area contributed by atoms with Gasteiger partial charge in [-0.05, 0) is 11.5 Å². The number of nitrogens with one attached hydrogen (secondary N) is 1. The van der Waals surface area contributed by atoms with Crippen molar-refractivity contribution in [1.82, 2.24) is 9.55 Å². The van der Waals surface area contributed by atoms with E-state index in [4.69, 9.17) is 0 Å². The molecule has 0 unspecified atom stereocenters. The fraction of sp³-hybridized carbons (Fsp3) is 0.333. The summed E-state index contributed by atoms with van der Waals surface area (Å²) in [5.74, 6) is 0.842. The predicted octanol–water partition coefficient (Wildman–Crippen LogP) is 2.51. The molecule has 0 saturated heterocycles. The first kappa shape index (κ1) is 13.3. The van der Waals surface area contributed by atoms with Gasteiger partial charge in [0.1, 0.15) is 0 Å². The normalized spacial score (nSPS) is 10.7. The van der Waals surface area contributed by atoms with Crippen LogP contribution in [0.2, 0.25) is 0 Å². The monoisotopic (exact) mass is 257 g/mol. The van der Waals surface area contributed by atoms with Gasteiger partial charge in [-0.25, -0.2) is 4.98 Å². The molecule has 0 atom stereocenters. The van der Waals surface area contributed by atoms with Gasteiger partial charge in [0.15, 0.2) is 5.82 Å². The highest BCUT2D eigenvalue weighted by atomic mass is 16.1. The summed E-state index contributed by atoms with van der Waals surface area (Å²) >= 11 is 0. The van der Waals surface area contributed by atoms with E-state index in [1.54, 1.807) is 17.0 Å². The van der Waals surface area contributed by atoms with E-state index in [9.17, 15) is 4.79 Å². The largest absolute Gasteiger partial charge is 0.361 e. The van der Waals surface area contributed by atoms with Crippen molar-refractivity contribution in [2.24, 2.45) is 5.92 Å². The van der Waals surface area contributed by atoms with Gasteiger partial charge in [0.05, 0.1) is 0 Å². The van der Waals surface area contributed by atoms with Crippen LogP contribution in [0.3, 0.4) is 0 Å². The van der Waals surface area contributed by atoms with Crippen molar-refractivity contribution >= 4 is 5.82 Å². The summed E-state index contributed by atoms with van der Waals surface area (Å²) in [5, 5.41) is 3.10. The minimum atomic E-state index is -0.0628. The second-order valence-electron chi connectivity index (χ2n) is 4.97. The number of anilines is 1. The third kappa shape index (κ3) is 3.68. The molecule has 0 aliphatic carbocycles. The van der Waals surface area contributed by atoms with Crippen LogP contribution in [0.1, 0.15) is 19.4 Å². The standard InChI is InChI=1S/C15H19N3O/c1-12(2)11-18-9-8-16-14(15(18)19)17-10-13-6-4-3-5-7-13/h3-9,12H,10-11H2,1-2H3,(H,16,17). The summed E-state index contributed by atoms with van der Waals surface area (Å²) in [6, 6.07) is 9.96. The fourth-order valence-corrected chi connectivity index (χ4v) is 1.89. The summed E-state index contributed by atoms with van der Waals surface area (Å²) in [5.41, 5.74) is 1.06. The van der Waals surface area contributed by atoms with Gasteiger partial charge in [-0.15, -0.1) is 0 Å². The fourth-order valence-electron chi connectivity index (χ4n) is 1.89. The molecule has 0 aliphatic heterocycles. The zero-order valence-electron chi connectivity index (χ0n) is 11.3. The van der Waals surface area contributed by atoms with Gasteiger partial charge in [-0.2, -0.15) is 0 Å². The Bertz CT molecular complexity index is 575. The van der Waals surface area contributed by atoms with Crippen LogP contribution < -0.4 is 10.9 Å². The molecule has 0 fully saturated rings. The Morgan fingerprint density at radius 3 is 2.68 bits per heavy atom. The lowest BCUT2D eigenvalue weighted by Gasteiger charge is -2.10. The van der Waals surface area contributed by atoms with Crippen LogP contribution in [0.15, 0.2) is 47.5 Å². The molecule has 1 N–H and O–H groups in total. The first-order chi connectivity index (χ1) is 9.16. The highest BCUT2D eigenvalue weighted by Crippen LogP contribution is 2.03. The summed E-state index contributed by atoms with van der Waals surface area (Å²) in [7, 11) is 0. The Hall–Kier alpha value is -2.10. The van der Waals surface area contributed by atoms with Crippen LogP contribution in [0.5, 0.6) is 0 Å². The van der Waals surface area contributed by atoms with Crippen LogP contribution >= 0.6 is 0 Å². The van der Waals surface area contributed by atoms with Crippen molar-refractivity contribution in [3.05, 3.63) is 58.6 Å². The Morgan fingerprint density at radius 2 is 2.00 bits per heavy atom. The molecule has 0 spiro atoms. The average molecular weight is 257 g/mol. The molecule has 0 saturated carbocycles. The Morgan fingerprint density at radius 1 is 1.26 bits per heavy atom. The van der Waals surface area contributed by atoms with Crippen LogP contribution in [0.25, 0.3) is 0 Å². The van der Waals surface area contributed by atoms with E-state index in [2.05, 4.69) is 24.1 Å². The van der Waals surface area contributed by atoms with Gasteiger partial charge in [0.2, 0.25) is 0 Å². The molecule has 0 radical (unpaired) electrons. The van der Waals surface area contributed by atoms with Gasteiger partial charge >= 0.3 is 0 Å². The van der Waals surface area contributed by atoms with E-state index in [1.807, 2.05) is 30.3 Å². The molecular weight excluding hydrogens is 238 g/mol. The third-order valence-corrected chi connectivity index (χ3v) is 2.78. The minimum absolute atomic E-state index is 0.0628. The SMILES string of the molecule is CC(C)Cn1ccnc(NCc2ccccc2)c1=O.